The molecule has 0 unspecified atom stereocenters. The predicted octanol–water partition coefficient (Wildman–Crippen LogP) is 0.759. The number of rotatable bonds is 3. The van der Waals surface area contributed by atoms with Gasteiger partial charge in [-0.2, -0.15) is 0 Å². The van der Waals surface area contributed by atoms with Crippen LogP contribution in [0.5, 0.6) is 0 Å². The van der Waals surface area contributed by atoms with Crippen molar-refractivity contribution in [2.45, 2.75) is 11.8 Å². The van der Waals surface area contributed by atoms with E-state index in [-0.39, 0.29) is 4.90 Å². The van der Waals surface area contributed by atoms with E-state index in [0.717, 1.165) is 18.8 Å². The Bertz CT molecular complexity index is 801. The molecule has 8 heteroatoms. The third-order valence-corrected chi connectivity index (χ3v) is 4.82. The maximum atomic E-state index is 11.7. The molecule has 2 heterocycles. The van der Waals surface area contributed by atoms with Gasteiger partial charge < -0.3 is 9.80 Å². The average Bonchev–Trinajstić information content (AvgIpc) is 2.54. The lowest BCUT2D eigenvalue weighted by Crippen LogP contribution is -2.47. The van der Waals surface area contributed by atoms with Gasteiger partial charge in [-0.15, -0.1) is 0 Å². The van der Waals surface area contributed by atoms with Crippen molar-refractivity contribution >= 4 is 21.7 Å². The minimum absolute atomic E-state index is 0.167. The summed E-state index contributed by atoms with van der Waals surface area (Å²) in [5, 5.41) is 5.31. The molecule has 122 valence electrons. The monoisotopic (exact) mass is 333 g/mol. The highest BCUT2D eigenvalue weighted by atomic mass is 32.2. The lowest BCUT2D eigenvalue weighted by molar-refractivity contribution is 0.595. The van der Waals surface area contributed by atoms with E-state index in [2.05, 4.69) is 14.9 Å². The summed E-state index contributed by atoms with van der Waals surface area (Å²) < 4.78 is 23.5. The maximum Gasteiger partial charge on any atom is 0.240 e. The van der Waals surface area contributed by atoms with Crippen molar-refractivity contribution in [1.29, 1.82) is 0 Å². The molecule has 2 N–H and O–H groups in total. The number of primary sulfonamides is 1. The molecule has 1 aliphatic heterocycles. The van der Waals surface area contributed by atoms with Crippen LogP contribution in [-0.2, 0) is 10.0 Å². The fourth-order valence-corrected chi connectivity index (χ4v) is 3.45. The van der Waals surface area contributed by atoms with E-state index in [1.807, 2.05) is 24.0 Å². The Morgan fingerprint density at radius 1 is 1.04 bits per heavy atom. The Labute approximate surface area is 135 Å². The topological polar surface area (TPSA) is 92.4 Å². The molecule has 1 aliphatic rings. The minimum atomic E-state index is -3.73. The van der Waals surface area contributed by atoms with Crippen molar-refractivity contribution in [1.82, 2.24) is 9.97 Å². The summed E-state index contributed by atoms with van der Waals surface area (Å²) >= 11 is 0. The molecule has 0 saturated carbocycles. The molecule has 7 nitrogen and oxygen atoms in total. The van der Waals surface area contributed by atoms with Crippen LogP contribution >= 0.6 is 0 Å². The van der Waals surface area contributed by atoms with Crippen molar-refractivity contribution in [2.24, 2.45) is 5.14 Å². The number of aryl methyl sites for hydroxylation is 1. The van der Waals surface area contributed by atoms with Crippen LogP contribution in [0, 0.1) is 6.92 Å². The molecule has 0 amide bonds. The molecule has 2 aromatic rings. The smallest absolute Gasteiger partial charge is 0.240 e. The van der Waals surface area contributed by atoms with Crippen molar-refractivity contribution in [3.63, 3.8) is 0 Å². The normalized spacial score (nSPS) is 15.7. The molecule has 1 fully saturated rings. The van der Waals surface area contributed by atoms with Gasteiger partial charge in [0.25, 0.3) is 0 Å². The Balaban J connectivity index is 1.78. The standard InChI is InChI=1S/C15H19N5O2S/c1-12-6-7-17-15(18-12)20-10-8-19(9-11-20)13-4-2-3-5-14(13)23(16,21)22/h2-7H,8-11H2,1H3,(H2,16,21,22). The molecule has 0 atom stereocenters. The van der Waals surface area contributed by atoms with E-state index in [1.165, 1.54) is 0 Å². The van der Waals surface area contributed by atoms with Crippen LogP contribution in [0.1, 0.15) is 5.69 Å². The lowest BCUT2D eigenvalue weighted by Gasteiger charge is -2.36. The third kappa shape index (κ3) is 3.43. The van der Waals surface area contributed by atoms with E-state index in [1.54, 1.807) is 24.4 Å². The van der Waals surface area contributed by atoms with Gasteiger partial charge in [0.05, 0.1) is 5.69 Å². The molecule has 0 spiro atoms. The molecule has 0 bridgehead atoms. The fraction of sp³-hybridized carbons (Fsp3) is 0.333. The number of nitrogens with zero attached hydrogens (tertiary/aromatic N) is 4. The first-order valence-corrected chi connectivity index (χ1v) is 8.91. The summed E-state index contributed by atoms with van der Waals surface area (Å²) in [5.41, 5.74) is 1.58. The highest BCUT2D eigenvalue weighted by Crippen LogP contribution is 2.25. The van der Waals surface area contributed by atoms with Crippen LogP contribution in [0.4, 0.5) is 11.6 Å². The molecule has 3 rings (SSSR count). The van der Waals surface area contributed by atoms with Crippen LogP contribution < -0.4 is 14.9 Å². The summed E-state index contributed by atoms with van der Waals surface area (Å²) in [6.45, 7) is 4.75. The molecular formula is C15H19N5O2S. The van der Waals surface area contributed by atoms with Gasteiger partial charge in [-0.05, 0) is 25.1 Å². The molecule has 0 aliphatic carbocycles. The quantitative estimate of drug-likeness (QED) is 0.891. The van der Waals surface area contributed by atoms with Crippen molar-refractivity contribution in [2.75, 3.05) is 36.0 Å². The number of hydrogen-bond donors (Lipinski definition) is 1. The summed E-state index contributed by atoms with van der Waals surface area (Å²) in [4.78, 5) is 13.0. The maximum absolute atomic E-state index is 11.7. The first kappa shape index (κ1) is 15.7. The molecule has 1 saturated heterocycles. The largest absolute Gasteiger partial charge is 0.367 e. The second-order valence-corrected chi connectivity index (χ2v) is 7.01. The molecule has 1 aromatic heterocycles. The number of anilines is 2. The minimum Gasteiger partial charge on any atom is -0.367 e. The number of piperazine rings is 1. The Kier molecular flexibility index (Phi) is 4.18. The van der Waals surface area contributed by atoms with Gasteiger partial charge in [0.15, 0.2) is 0 Å². The lowest BCUT2D eigenvalue weighted by atomic mass is 10.2. The zero-order chi connectivity index (χ0) is 16.4. The van der Waals surface area contributed by atoms with Crippen molar-refractivity contribution in [3.05, 3.63) is 42.2 Å². The Hall–Kier alpha value is -2.19. The number of sulfonamides is 1. The SMILES string of the molecule is Cc1ccnc(N2CCN(c3ccccc3S(N)(=O)=O)CC2)n1. The average molecular weight is 333 g/mol. The second-order valence-electron chi connectivity index (χ2n) is 5.48. The van der Waals surface area contributed by atoms with Crippen LogP contribution in [0.25, 0.3) is 0 Å². The third-order valence-electron chi connectivity index (χ3n) is 3.86. The van der Waals surface area contributed by atoms with E-state index >= 15 is 0 Å². The van der Waals surface area contributed by atoms with E-state index < -0.39 is 10.0 Å². The van der Waals surface area contributed by atoms with Crippen molar-refractivity contribution in [3.8, 4) is 0 Å². The highest BCUT2D eigenvalue weighted by molar-refractivity contribution is 7.89. The van der Waals surface area contributed by atoms with Gasteiger partial charge >= 0.3 is 0 Å². The van der Waals surface area contributed by atoms with Crippen LogP contribution in [-0.4, -0.2) is 44.6 Å². The van der Waals surface area contributed by atoms with Gasteiger partial charge in [-0.3, -0.25) is 0 Å². The molecule has 0 radical (unpaired) electrons. The zero-order valence-corrected chi connectivity index (χ0v) is 13.7. The first-order valence-electron chi connectivity index (χ1n) is 7.36. The van der Waals surface area contributed by atoms with Crippen LogP contribution in [0.15, 0.2) is 41.4 Å². The van der Waals surface area contributed by atoms with Gasteiger partial charge in [0.2, 0.25) is 16.0 Å². The predicted molar refractivity (Wildman–Crippen MR) is 89.0 cm³/mol. The summed E-state index contributed by atoms with van der Waals surface area (Å²) in [6.07, 6.45) is 1.75. The van der Waals surface area contributed by atoms with E-state index in [9.17, 15) is 8.42 Å². The van der Waals surface area contributed by atoms with Gasteiger partial charge in [0.1, 0.15) is 4.90 Å². The first-order chi connectivity index (χ1) is 10.9. The number of para-hydroxylation sites is 1. The summed E-state index contributed by atoms with van der Waals surface area (Å²) in [7, 11) is -3.73. The number of nitrogens with two attached hydrogens (primary N) is 1. The Morgan fingerprint density at radius 2 is 1.70 bits per heavy atom. The highest BCUT2D eigenvalue weighted by Gasteiger charge is 2.23. The molecule has 23 heavy (non-hydrogen) atoms. The van der Waals surface area contributed by atoms with Gasteiger partial charge in [-0.25, -0.2) is 23.5 Å². The number of aromatic nitrogens is 2. The molecule has 1 aromatic carbocycles. The number of hydrogen-bond acceptors (Lipinski definition) is 6. The van der Waals surface area contributed by atoms with Crippen molar-refractivity contribution < 1.29 is 8.42 Å². The van der Waals surface area contributed by atoms with Gasteiger partial charge in [-0.1, -0.05) is 12.1 Å². The zero-order valence-electron chi connectivity index (χ0n) is 12.9. The Morgan fingerprint density at radius 3 is 2.35 bits per heavy atom. The van der Waals surface area contributed by atoms with E-state index in [0.29, 0.717) is 24.7 Å². The van der Waals surface area contributed by atoms with Gasteiger partial charge in [0, 0.05) is 38.1 Å². The fourth-order valence-electron chi connectivity index (χ4n) is 2.69. The van der Waals surface area contributed by atoms with Crippen LogP contribution in [0.2, 0.25) is 0 Å². The molecular weight excluding hydrogens is 314 g/mol. The van der Waals surface area contributed by atoms with E-state index in [4.69, 9.17) is 5.14 Å². The summed E-state index contributed by atoms with van der Waals surface area (Å²) in [5.74, 6) is 0.712. The van der Waals surface area contributed by atoms with Crippen LogP contribution in [0.3, 0.4) is 0 Å². The summed E-state index contributed by atoms with van der Waals surface area (Å²) in [6, 6.07) is 8.70. The number of benzene rings is 1. The second kappa shape index (κ2) is 6.13.